The highest BCUT2D eigenvalue weighted by molar-refractivity contribution is 5.48. The molecule has 1 atom stereocenters. The van der Waals surface area contributed by atoms with Gasteiger partial charge in [-0.05, 0) is 44.2 Å². The summed E-state index contributed by atoms with van der Waals surface area (Å²) >= 11 is 0. The summed E-state index contributed by atoms with van der Waals surface area (Å²) in [5.41, 5.74) is 0. The molecule has 1 heterocycles. The number of pyridine rings is 1. The number of aromatic nitrogens is 1. The second kappa shape index (κ2) is 7.48. The molecule has 1 aliphatic rings. The normalized spacial score (nSPS) is 15.9. The minimum Gasteiger partial charge on any atom is -0.383 e. The van der Waals surface area contributed by atoms with E-state index in [1.807, 2.05) is 6.07 Å². The summed E-state index contributed by atoms with van der Waals surface area (Å²) in [7, 11) is 1.76. The quantitative estimate of drug-likeness (QED) is 0.752. The second-order valence-electron chi connectivity index (χ2n) is 5.57. The third-order valence-electron chi connectivity index (χ3n) is 3.92. The summed E-state index contributed by atoms with van der Waals surface area (Å²) in [5.74, 6) is 2.85. The van der Waals surface area contributed by atoms with Crippen LogP contribution in [0.2, 0.25) is 0 Å². The zero-order valence-corrected chi connectivity index (χ0v) is 12.9. The van der Waals surface area contributed by atoms with Gasteiger partial charge in [0.05, 0.1) is 6.61 Å². The van der Waals surface area contributed by atoms with Gasteiger partial charge in [-0.1, -0.05) is 13.0 Å². The van der Waals surface area contributed by atoms with Gasteiger partial charge in [0, 0.05) is 26.2 Å². The summed E-state index contributed by atoms with van der Waals surface area (Å²) in [6.45, 7) is 7.08. The standard InChI is InChI=1S/C16H27N3O/c1-4-10-17-15-6-5-7-16(18-15)19(11-12-20-3)13(2)14-8-9-14/h5-7,13-14H,4,8-12H2,1-3H3,(H,17,18). The molecule has 1 aromatic heterocycles. The highest BCUT2D eigenvalue weighted by atomic mass is 16.5. The van der Waals surface area contributed by atoms with E-state index < -0.39 is 0 Å². The Bertz CT molecular complexity index is 406. The summed E-state index contributed by atoms with van der Waals surface area (Å²) in [5, 5.41) is 3.36. The fourth-order valence-corrected chi connectivity index (χ4v) is 2.48. The summed E-state index contributed by atoms with van der Waals surface area (Å²) < 4.78 is 5.25. The average molecular weight is 277 g/mol. The van der Waals surface area contributed by atoms with Crippen molar-refractivity contribution < 1.29 is 4.74 Å². The molecular formula is C16H27N3O. The molecule has 20 heavy (non-hydrogen) atoms. The second-order valence-corrected chi connectivity index (χ2v) is 5.57. The van der Waals surface area contributed by atoms with Crippen molar-refractivity contribution in [2.75, 3.05) is 37.0 Å². The van der Waals surface area contributed by atoms with Crippen LogP contribution < -0.4 is 10.2 Å². The number of rotatable bonds is 9. The minimum atomic E-state index is 0.541. The van der Waals surface area contributed by atoms with E-state index in [-0.39, 0.29) is 0 Å². The number of ether oxygens (including phenoxy) is 1. The molecule has 0 spiro atoms. The van der Waals surface area contributed by atoms with Gasteiger partial charge in [0.15, 0.2) is 0 Å². The Balaban J connectivity index is 2.09. The molecule has 1 saturated carbocycles. The van der Waals surface area contributed by atoms with E-state index in [1.54, 1.807) is 7.11 Å². The number of hydrogen-bond acceptors (Lipinski definition) is 4. The van der Waals surface area contributed by atoms with Gasteiger partial charge in [-0.3, -0.25) is 0 Å². The van der Waals surface area contributed by atoms with E-state index in [9.17, 15) is 0 Å². The molecule has 0 aromatic carbocycles. The molecule has 1 fully saturated rings. The topological polar surface area (TPSA) is 37.4 Å². The van der Waals surface area contributed by atoms with Gasteiger partial charge in [0.1, 0.15) is 11.6 Å². The Labute approximate surface area is 122 Å². The van der Waals surface area contributed by atoms with Crippen molar-refractivity contribution in [2.24, 2.45) is 5.92 Å². The van der Waals surface area contributed by atoms with Crippen molar-refractivity contribution >= 4 is 11.6 Å². The van der Waals surface area contributed by atoms with E-state index in [4.69, 9.17) is 9.72 Å². The summed E-state index contributed by atoms with van der Waals surface area (Å²) in [6.07, 6.45) is 3.80. The van der Waals surface area contributed by atoms with Crippen LogP contribution in [0, 0.1) is 5.92 Å². The number of hydrogen-bond donors (Lipinski definition) is 1. The van der Waals surface area contributed by atoms with E-state index in [1.165, 1.54) is 12.8 Å². The van der Waals surface area contributed by atoms with Crippen LogP contribution in [0.25, 0.3) is 0 Å². The lowest BCUT2D eigenvalue weighted by Gasteiger charge is -2.30. The molecule has 0 amide bonds. The first-order valence-corrected chi connectivity index (χ1v) is 7.72. The molecule has 1 aliphatic carbocycles. The maximum atomic E-state index is 5.25. The van der Waals surface area contributed by atoms with Crippen LogP contribution in [0.1, 0.15) is 33.1 Å². The van der Waals surface area contributed by atoms with Crippen molar-refractivity contribution in [3.63, 3.8) is 0 Å². The fraction of sp³-hybridized carbons (Fsp3) is 0.688. The lowest BCUT2D eigenvalue weighted by atomic mass is 10.2. The first-order valence-electron chi connectivity index (χ1n) is 7.72. The van der Waals surface area contributed by atoms with E-state index in [2.05, 4.69) is 36.2 Å². The molecule has 0 aliphatic heterocycles. The monoisotopic (exact) mass is 277 g/mol. The predicted molar refractivity (Wildman–Crippen MR) is 84.4 cm³/mol. The zero-order chi connectivity index (χ0) is 14.4. The molecular weight excluding hydrogens is 250 g/mol. The van der Waals surface area contributed by atoms with Crippen LogP contribution in [0.4, 0.5) is 11.6 Å². The molecule has 0 bridgehead atoms. The van der Waals surface area contributed by atoms with Gasteiger partial charge in [0.25, 0.3) is 0 Å². The first-order chi connectivity index (χ1) is 9.76. The number of nitrogens with one attached hydrogen (secondary N) is 1. The van der Waals surface area contributed by atoms with Crippen LogP contribution in [0.5, 0.6) is 0 Å². The number of methoxy groups -OCH3 is 1. The Morgan fingerprint density at radius 2 is 2.25 bits per heavy atom. The maximum Gasteiger partial charge on any atom is 0.131 e. The fourth-order valence-electron chi connectivity index (χ4n) is 2.48. The Hall–Kier alpha value is -1.29. The molecule has 112 valence electrons. The zero-order valence-electron chi connectivity index (χ0n) is 12.9. The molecule has 4 heteroatoms. The van der Waals surface area contributed by atoms with E-state index in [0.717, 1.165) is 43.7 Å². The van der Waals surface area contributed by atoms with Crippen molar-refractivity contribution in [3.8, 4) is 0 Å². The molecule has 1 unspecified atom stereocenters. The van der Waals surface area contributed by atoms with Gasteiger partial charge in [-0.25, -0.2) is 4.98 Å². The van der Waals surface area contributed by atoms with Crippen LogP contribution in [-0.4, -0.2) is 37.8 Å². The Kier molecular flexibility index (Phi) is 5.65. The molecule has 0 radical (unpaired) electrons. The van der Waals surface area contributed by atoms with Crippen LogP contribution in [0.15, 0.2) is 18.2 Å². The number of anilines is 2. The first kappa shape index (κ1) is 15.1. The van der Waals surface area contributed by atoms with E-state index in [0.29, 0.717) is 6.04 Å². The molecule has 4 nitrogen and oxygen atoms in total. The van der Waals surface area contributed by atoms with Crippen molar-refractivity contribution in [1.82, 2.24) is 4.98 Å². The SMILES string of the molecule is CCCNc1cccc(N(CCOC)C(C)C2CC2)n1. The molecule has 1 aromatic rings. The average Bonchev–Trinajstić information content (AvgIpc) is 3.30. The van der Waals surface area contributed by atoms with Gasteiger partial charge in [-0.15, -0.1) is 0 Å². The van der Waals surface area contributed by atoms with Gasteiger partial charge in [0.2, 0.25) is 0 Å². The smallest absolute Gasteiger partial charge is 0.131 e. The van der Waals surface area contributed by atoms with Crippen LogP contribution >= 0.6 is 0 Å². The minimum absolute atomic E-state index is 0.541. The lowest BCUT2D eigenvalue weighted by molar-refractivity contribution is 0.202. The van der Waals surface area contributed by atoms with Crippen LogP contribution in [-0.2, 0) is 4.74 Å². The Morgan fingerprint density at radius 3 is 2.90 bits per heavy atom. The van der Waals surface area contributed by atoms with Gasteiger partial charge >= 0.3 is 0 Å². The van der Waals surface area contributed by atoms with Crippen molar-refractivity contribution in [3.05, 3.63) is 18.2 Å². The van der Waals surface area contributed by atoms with Gasteiger partial charge < -0.3 is 15.0 Å². The van der Waals surface area contributed by atoms with Crippen molar-refractivity contribution in [1.29, 1.82) is 0 Å². The van der Waals surface area contributed by atoms with E-state index >= 15 is 0 Å². The largest absolute Gasteiger partial charge is 0.383 e. The molecule has 2 rings (SSSR count). The van der Waals surface area contributed by atoms with Gasteiger partial charge in [-0.2, -0.15) is 0 Å². The van der Waals surface area contributed by atoms with Crippen molar-refractivity contribution in [2.45, 2.75) is 39.2 Å². The highest BCUT2D eigenvalue weighted by Gasteiger charge is 2.32. The lowest BCUT2D eigenvalue weighted by Crippen LogP contribution is -2.38. The summed E-state index contributed by atoms with van der Waals surface area (Å²) in [6, 6.07) is 6.76. The number of nitrogens with zero attached hydrogens (tertiary/aromatic N) is 2. The third-order valence-corrected chi connectivity index (χ3v) is 3.92. The summed E-state index contributed by atoms with van der Waals surface area (Å²) in [4.78, 5) is 7.14. The molecule has 1 N–H and O–H groups in total. The predicted octanol–water partition coefficient (Wildman–Crippen LogP) is 3.15. The maximum absolute atomic E-state index is 5.25. The van der Waals surface area contributed by atoms with Crippen LogP contribution in [0.3, 0.4) is 0 Å². The highest BCUT2D eigenvalue weighted by Crippen LogP contribution is 2.36. The Morgan fingerprint density at radius 1 is 1.45 bits per heavy atom. The third kappa shape index (κ3) is 4.10. The molecule has 0 saturated heterocycles.